The van der Waals surface area contributed by atoms with E-state index in [-0.39, 0.29) is 30.7 Å². The Morgan fingerprint density at radius 1 is 1.13 bits per heavy atom. The summed E-state index contributed by atoms with van der Waals surface area (Å²) in [7, 11) is 3.33. The van der Waals surface area contributed by atoms with Gasteiger partial charge >= 0.3 is 6.09 Å². The van der Waals surface area contributed by atoms with Crippen molar-refractivity contribution in [3.63, 3.8) is 0 Å². The number of amides is 2. The molecule has 0 aliphatic carbocycles. The SMILES string of the molecule is CC(C)N(C)c1cc2c(c(CN(C)C(=O)O)n1)CN(c1cccc(-c3nncn3-c3ccccc3F)n1)C2=O. The molecule has 2 amide bonds. The first-order valence-corrected chi connectivity index (χ1v) is 12.3. The van der Waals surface area contributed by atoms with Crippen molar-refractivity contribution in [2.75, 3.05) is 23.9 Å². The van der Waals surface area contributed by atoms with Crippen LogP contribution in [0.4, 0.5) is 20.8 Å². The number of pyridine rings is 2. The zero-order valence-corrected chi connectivity index (χ0v) is 21.9. The average molecular weight is 531 g/mol. The molecule has 4 aromatic rings. The lowest BCUT2D eigenvalue weighted by atomic mass is 10.1. The van der Waals surface area contributed by atoms with Crippen molar-refractivity contribution in [3.8, 4) is 17.2 Å². The lowest BCUT2D eigenvalue weighted by molar-refractivity contribution is 0.0996. The van der Waals surface area contributed by atoms with E-state index < -0.39 is 11.9 Å². The van der Waals surface area contributed by atoms with E-state index in [1.807, 2.05) is 25.8 Å². The summed E-state index contributed by atoms with van der Waals surface area (Å²) in [6.45, 7) is 4.20. The van der Waals surface area contributed by atoms with Crippen LogP contribution in [-0.2, 0) is 13.1 Å². The number of fused-ring (bicyclic) bond motifs is 1. The van der Waals surface area contributed by atoms with Gasteiger partial charge in [-0.05, 0) is 44.2 Å². The third kappa shape index (κ3) is 4.76. The normalized spacial score (nSPS) is 12.7. The van der Waals surface area contributed by atoms with Crippen LogP contribution in [0.5, 0.6) is 0 Å². The van der Waals surface area contributed by atoms with Crippen molar-refractivity contribution in [3.05, 3.63) is 77.5 Å². The van der Waals surface area contributed by atoms with Crippen molar-refractivity contribution in [1.82, 2.24) is 29.6 Å². The number of anilines is 2. The zero-order chi connectivity index (χ0) is 27.8. The second-order valence-corrected chi connectivity index (χ2v) is 9.54. The van der Waals surface area contributed by atoms with Crippen molar-refractivity contribution in [1.29, 1.82) is 0 Å². The molecule has 0 saturated heterocycles. The molecule has 12 heteroatoms. The Labute approximate surface area is 224 Å². The molecule has 11 nitrogen and oxygen atoms in total. The number of carboxylic acid groups (broad SMARTS) is 1. The molecule has 0 spiro atoms. The number of halogens is 1. The van der Waals surface area contributed by atoms with Gasteiger partial charge in [-0.3, -0.25) is 14.3 Å². The van der Waals surface area contributed by atoms with Crippen LogP contribution in [0.3, 0.4) is 0 Å². The van der Waals surface area contributed by atoms with E-state index in [0.29, 0.717) is 40.0 Å². The Balaban J connectivity index is 1.53. The molecule has 0 saturated carbocycles. The van der Waals surface area contributed by atoms with E-state index >= 15 is 0 Å². The standard InChI is InChI=1S/C27H27FN8O3/c1-16(2)34(4)24-12-17-18(21(31-24)14-33(3)27(38)39)13-35(26(17)37)23-11-7-9-20(30-23)25-32-29-15-36(25)22-10-6-5-8-19(22)28/h5-12,15-16H,13-14H2,1-4H3,(H,38,39). The minimum absolute atomic E-state index is 0.0256. The zero-order valence-electron chi connectivity index (χ0n) is 21.9. The van der Waals surface area contributed by atoms with Crippen LogP contribution < -0.4 is 9.80 Å². The van der Waals surface area contributed by atoms with Gasteiger partial charge in [-0.2, -0.15) is 0 Å². The molecule has 1 aromatic carbocycles. The van der Waals surface area contributed by atoms with Crippen LogP contribution in [0.15, 0.2) is 54.9 Å². The molecule has 0 radical (unpaired) electrons. The summed E-state index contributed by atoms with van der Waals surface area (Å²) in [6, 6.07) is 13.3. The molecule has 200 valence electrons. The van der Waals surface area contributed by atoms with Gasteiger partial charge in [0.25, 0.3) is 5.91 Å². The number of benzene rings is 1. The molecule has 0 bridgehead atoms. The van der Waals surface area contributed by atoms with Crippen LogP contribution in [0.2, 0.25) is 0 Å². The first-order chi connectivity index (χ1) is 18.7. The second kappa shape index (κ2) is 10.1. The number of hydrogen-bond donors (Lipinski definition) is 1. The maximum Gasteiger partial charge on any atom is 0.407 e. The van der Waals surface area contributed by atoms with Crippen LogP contribution >= 0.6 is 0 Å². The van der Waals surface area contributed by atoms with E-state index in [1.54, 1.807) is 42.5 Å². The lowest BCUT2D eigenvalue weighted by Crippen LogP contribution is -2.29. The predicted molar refractivity (Wildman–Crippen MR) is 142 cm³/mol. The molecular formula is C27H27FN8O3. The van der Waals surface area contributed by atoms with Crippen molar-refractivity contribution in [2.45, 2.75) is 33.0 Å². The largest absolute Gasteiger partial charge is 0.465 e. The van der Waals surface area contributed by atoms with Gasteiger partial charge in [-0.25, -0.2) is 19.2 Å². The number of nitrogens with zero attached hydrogens (tertiary/aromatic N) is 8. The van der Waals surface area contributed by atoms with Gasteiger partial charge in [0, 0.05) is 25.7 Å². The van der Waals surface area contributed by atoms with Crippen LogP contribution in [-0.4, -0.2) is 66.9 Å². The first kappa shape index (κ1) is 25.8. The summed E-state index contributed by atoms with van der Waals surface area (Å²) in [5, 5.41) is 17.5. The van der Waals surface area contributed by atoms with Gasteiger partial charge in [0.15, 0.2) is 5.82 Å². The maximum absolute atomic E-state index is 14.5. The smallest absolute Gasteiger partial charge is 0.407 e. The van der Waals surface area contributed by atoms with E-state index in [1.165, 1.54) is 28.9 Å². The van der Waals surface area contributed by atoms with Crippen molar-refractivity contribution in [2.24, 2.45) is 0 Å². The Morgan fingerprint density at radius 2 is 1.90 bits per heavy atom. The highest BCUT2D eigenvalue weighted by Gasteiger charge is 2.34. The van der Waals surface area contributed by atoms with E-state index in [2.05, 4.69) is 15.2 Å². The van der Waals surface area contributed by atoms with Gasteiger partial charge in [-0.1, -0.05) is 18.2 Å². The van der Waals surface area contributed by atoms with E-state index in [4.69, 9.17) is 4.98 Å². The topological polar surface area (TPSA) is 121 Å². The fourth-order valence-electron chi connectivity index (χ4n) is 4.34. The van der Waals surface area contributed by atoms with Crippen LogP contribution in [0.25, 0.3) is 17.2 Å². The third-order valence-electron chi connectivity index (χ3n) is 6.74. The van der Waals surface area contributed by atoms with Crippen LogP contribution in [0.1, 0.15) is 35.5 Å². The van der Waals surface area contributed by atoms with E-state index in [0.717, 1.165) is 4.90 Å². The molecular weight excluding hydrogens is 503 g/mol. The molecule has 1 aliphatic heterocycles. The highest BCUT2D eigenvalue weighted by Crippen LogP contribution is 2.33. The number of carbonyl (C=O) groups is 2. The van der Waals surface area contributed by atoms with Gasteiger partial charge < -0.3 is 14.9 Å². The van der Waals surface area contributed by atoms with Gasteiger partial charge in [-0.15, -0.1) is 10.2 Å². The molecule has 5 rings (SSSR count). The predicted octanol–water partition coefficient (Wildman–Crippen LogP) is 3.98. The Bertz CT molecular complexity index is 1570. The lowest BCUT2D eigenvalue weighted by Gasteiger charge is -2.24. The molecule has 39 heavy (non-hydrogen) atoms. The first-order valence-electron chi connectivity index (χ1n) is 12.3. The molecule has 1 aliphatic rings. The molecule has 0 atom stereocenters. The number of carbonyl (C=O) groups excluding carboxylic acids is 1. The van der Waals surface area contributed by atoms with Crippen molar-refractivity contribution < 1.29 is 19.1 Å². The Hall–Kier alpha value is -4.87. The van der Waals surface area contributed by atoms with E-state index in [9.17, 15) is 19.1 Å². The summed E-state index contributed by atoms with van der Waals surface area (Å²) in [5.41, 5.74) is 2.28. The summed E-state index contributed by atoms with van der Waals surface area (Å²) in [6.07, 6.45) is 0.311. The number of hydrogen-bond acceptors (Lipinski definition) is 7. The summed E-state index contributed by atoms with van der Waals surface area (Å²) in [5.74, 6) is 0.552. The molecule has 3 aromatic heterocycles. The molecule has 0 unspecified atom stereocenters. The number of aromatic nitrogens is 5. The minimum Gasteiger partial charge on any atom is -0.465 e. The Kier molecular flexibility index (Phi) is 6.69. The monoisotopic (exact) mass is 530 g/mol. The molecule has 4 heterocycles. The third-order valence-corrected chi connectivity index (χ3v) is 6.74. The fraction of sp³-hybridized carbons (Fsp3) is 0.259. The fourth-order valence-corrected chi connectivity index (χ4v) is 4.34. The summed E-state index contributed by atoms with van der Waals surface area (Å²) >= 11 is 0. The average Bonchev–Trinajstić information content (AvgIpc) is 3.53. The Morgan fingerprint density at radius 3 is 2.62 bits per heavy atom. The summed E-state index contributed by atoms with van der Waals surface area (Å²) in [4.78, 5) is 39.2. The van der Waals surface area contributed by atoms with Crippen LogP contribution in [0, 0.1) is 5.82 Å². The summed E-state index contributed by atoms with van der Waals surface area (Å²) < 4.78 is 16.0. The van der Waals surface area contributed by atoms with Gasteiger partial charge in [0.05, 0.1) is 30.0 Å². The van der Waals surface area contributed by atoms with Gasteiger partial charge in [0.1, 0.15) is 29.5 Å². The van der Waals surface area contributed by atoms with Crippen molar-refractivity contribution >= 4 is 23.6 Å². The van der Waals surface area contributed by atoms with Gasteiger partial charge in [0.2, 0.25) is 0 Å². The molecule has 0 fully saturated rings. The number of para-hydroxylation sites is 1. The second-order valence-electron chi connectivity index (χ2n) is 9.54. The quantitative estimate of drug-likeness (QED) is 0.381. The number of rotatable bonds is 7. The highest BCUT2D eigenvalue weighted by molar-refractivity contribution is 6.10. The highest BCUT2D eigenvalue weighted by atomic mass is 19.1. The maximum atomic E-state index is 14.5. The molecule has 1 N–H and O–H groups in total. The minimum atomic E-state index is -1.09.